The van der Waals surface area contributed by atoms with Gasteiger partial charge < -0.3 is 4.43 Å². The van der Waals surface area contributed by atoms with Crippen molar-refractivity contribution in [3.8, 4) is 0 Å². The maximum atomic E-state index is 6.20. The number of unbranched alkanes of at least 4 members (excludes halogenated alkanes) is 3. The molecule has 0 aromatic carbocycles. The normalized spacial score (nSPS) is 17.9. The van der Waals surface area contributed by atoms with E-state index in [4.69, 9.17) is 4.43 Å². The topological polar surface area (TPSA) is 9.23 Å². The third-order valence-electron chi connectivity index (χ3n) is 4.59. The minimum Gasteiger partial charge on any atom is -0.417 e. The zero-order chi connectivity index (χ0) is 15.1. The Labute approximate surface area is 145 Å². The Morgan fingerprint density at radius 1 is 1.24 bits per heavy atom. The first-order chi connectivity index (χ1) is 9.33. The van der Waals surface area contributed by atoms with E-state index in [0.717, 1.165) is 6.61 Å². The second-order valence-electron chi connectivity index (χ2n) is 7.43. The summed E-state index contributed by atoms with van der Waals surface area (Å²) < 4.78 is 6.20. The average molecular weight is 300 g/mol. The van der Waals surface area contributed by atoms with E-state index in [2.05, 4.69) is 52.1 Å². The van der Waals surface area contributed by atoms with E-state index in [9.17, 15) is 0 Å². The van der Waals surface area contributed by atoms with Crippen LogP contribution in [0.15, 0.2) is 17.7 Å². The molecule has 0 spiro atoms. The Hall–Kier alpha value is 0.254. The van der Waals surface area contributed by atoms with Gasteiger partial charge in [0.25, 0.3) is 0 Å². The molecule has 1 aliphatic carbocycles. The molecule has 1 aliphatic rings. The fourth-order valence-electron chi connectivity index (χ4n) is 2.07. The molecule has 0 N–H and O–H groups in total. The number of rotatable bonds is 7. The van der Waals surface area contributed by atoms with Gasteiger partial charge in [-0.05, 0) is 24.6 Å². The molecule has 0 aromatic rings. The smallest absolute Gasteiger partial charge is 0.417 e. The van der Waals surface area contributed by atoms with Crippen LogP contribution in [0, 0.1) is 6.08 Å². The molecule has 0 amide bonds. The molecule has 1 nitrogen and oxygen atoms in total. The third kappa shape index (κ3) is 8.45. The van der Waals surface area contributed by atoms with Gasteiger partial charge in [-0.15, -0.1) is 6.42 Å². The first kappa shape index (κ1) is 21.3. The Morgan fingerprint density at radius 3 is 2.52 bits per heavy atom. The predicted molar refractivity (Wildman–Crippen MR) is 91.4 cm³/mol. The quantitative estimate of drug-likeness (QED) is 0.399. The molecule has 0 saturated carbocycles. The van der Waals surface area contributed by atoms with E-state index in [-0.39, 0.29) is 18.9 Å². The van der Waals surface area contributed by atoms with Crippen LogP contribution in [0.2, 0.25) is 18.1 Å². The maximum absolute atomic E-state index is 6.20. The van der Waals surface area contributed by atoms with Gasteiger partial charge in [-0.1, -0.05) is 52.9 Å². The van der Waals surface area contributed by atoms with Gasteiger partial charge in [0.2, 0.25) is 0 Å². The molecule has 1 rings (SSSR count). The van der Waals surface area contributed by atoms with E-state index < -0.39 is 8.32 Å². The molecule has 116 valence electrons. The fourth-order valence-corrected chi connectivity index (χ4v) is 3.16. The zero-order valence-electron chi connectivity index (χ0n) is 15.2. The summed E-state index contributed by atoms with van der Waals surface area (Å²) in [5.41, 5.74) is 1.42. The van der Waals surface area contributed by atoms with Crippen LogP contribution < -0.4 is 18.9 Å². The molecule has 0 atom stereocenters. The van der Waals surface area contributed by atoms with Crippen molar-refractivity contribution in [3.05, 3.63) is 23.8 Å². The molecule has 0 heterocycles. The van der Waals surface area contributed by atoms with E-state index in [0.29, 0.717) is 5.04 Å². The van der Waals surface area contributed by atoms with Gasteiger partial charge in [0, 0.05) is 6.61 Å². The maximum Gasteiger partial charge on any atom is 1.00 e. The summed E-state index contributed by atoms with van der Waals surface area (Å²) in [6.07, 6.45) is 16.7. The first-order valence-electron chi connectivity index (χ1n) is 8.24. The summed E-state index contributed by atoms with van der Waals surface area (Å²) in [4.78, 5) is 0. The van der Waals surface area contributed by atoms with Gasteiger partial charge in [0.15, 0.2) is 8.32 Å². The number of hydrogen-bond acceptors (Lipinski definition) is 1. The summed E-state index contributed by atoms with van der Waals surface area (Å²) in [5.74, 6) is 0. The van der Waals surface area contributed by atoms with Crippen LogP contribution >= 0.6 is 0 Å². The van der Waals surface area contributed by atoms with Crippen LogP contribution in [0.5, 0.6) is 0 Å². The average Bonchev–Trinajstić information content (AvgIpc) is 2.37. The van der Waals surface area contributed by atoms with Crippen LogP contribution in [0.4, 0.5) is 0 Å². The number of hydrogen-bond donors (Lipinski definition) is 0. The number of allylic oxidation sites excluding steroid dienone is 4. The van der Waals surface area contributed by atoms with Gasteiger partial charge in [-0.2, -0.15) is 6.08 Å². The molecule has 3 heteroatoms. The van der Waals surface area contributed by atoms with Crippen molar-refractivity contribution in [2.24, 2.45) is 0 Å². The SMILES string of the molecule is CC(C)(C)[Si](C)(C)OCCCCC/C=C1/[C-]=CCCC1.[Li+]. The van der Waals surface area contributed by atoms with Crippen molar-refractivity contribution in [1.29, 1.82) is 0 Å². The first-order valence-corrected chi connectivity index (χ1v) is 11.1. The van der Waals surface area contributed by atoms with Crippen LogP contribution in [-0.4, -0.2) is 14.9 Å². The van der Waals surface area contributed by atoms with Crippen molar-refractivity contribution < 1.29 is 23.3 Å². The monoisotopic (exact) mass is 300 g/mol. The zero-order valence-corrected chi connectivity index (χ0v) is 16.2. The van der Waals surface area contributed by atoms with Gasteiger partial charge >= 0.3 is 18.9 Å². The van der Waals surface area contributed by atoms with Gasteiger partial charge in [-0.25, -0.2) is 11.6 Å². The summed E-state index contributed by atoms with van der Waals surface area (Å²) in [6.45, 7) is 12.5. The largest absolute Gasteiger partial charge is 1.00 e. The van der Waals surface area contributed by atoms with Crippen LogP contribution in [0.25, 0.3) is 0 Å². The summed E-state index contributed by atoms with van der Waals surface area (Å²) >= 11 is 0. The molecular weight excluding hydrogens is 267 g/mol. The molecule has 0 unspecified atom stereocenters. The predicted octanol–water partition coefficient (Wildman–Crippen LogP) is 3.04. The minimum absolute atomic E-state index is 0. The van der Waals surface area contributed by atoms with Crippen molar-refractivity contribution in [1.82, 2.24) is 0 Å². The van der Waals surface area contributed by atoms with E-state index in [1.165, 1.54) is 50.5 Å². The molecular formula is C18H33LiOSi. The Balaban J connectivity index is 0.00000400. The van der Waals surface area contributed by atoms with Crippen LogP contribution in [0.3, 0.4) is 0 Å². The molecule has 0 bridgehead atoms. The molecule has 0 aliphatic heterocycles. The van der Waals surface area contributed by atoms with Crippen LogP contribution in [0.1, 0.15) is 65.7 Å². The van der Waals surface area contributed by atoms with E-state index >= 15 is 0 Å². The van der Waals surface area contributed by atoms with Gasteiger partial charge in [0.1, 0.15) is 0 Å². The Morgan fingerprint density at radius 2 is 1.95 bits per heavy atom. The summed E-state index contributed by atoms with van der Waals surface area (Å²) in [5, 5.41) is 0.334. The second kappa shape index (κ2) is 10.1. The van der Waals surface area contributed by atoms with E-state index in [1.54, 1.807) is 0 Å². The Kier molecular flexibility index (Phi) is 10.2. The molecule has 0 saturated heterocycles. The summed E-state index contributed by atoms with van der Waals surface area (Å²) in [7, 11) is -1.53. The standard InChI is InChI=1S/C18H33OSi.Li/c1-18(2,3)20(4,5)19-16-12-7-6-9-13-17-14-10-8-11-15-17;/h10,13H,6-9,11-12,15-16H2,1-5H3;/q-1;+1/b17-13-;. The Bertz CT molecular complexity index is 340. The minimum atomic E-state index is -1.53. The van der Waals surface area contributed by atoms with Crippen LogP contribution in [-0.2, 0) is 4.43 Å². The molecule has 0 radical (unpaired) electrons. The molecule has 0 fully saturated rings. The van der Waals surface area contributed by atoms with E-state index in [1.807, 2.05) is 0 Å². The second-order valence-corrected chi connectivity index (χ2v) is 12.2. The molecule has 0 aromatic heterocycles. The van der Waals surface area contributed by atoms with Gasteiger partial charge in [0.05, 0.1) is 0 Å². The third-order valence-corrected chi connectivity index (χ3v) is 9.13. The van der Waals surface area contributed by atoms with Crippen molar-refractivity contribution in [3.63, 3.8) is 0 Å². The van der Waals surface area contributed by atoms with Crippen molar-refractivity contribution >= 4 is 8.32 Å². The van der Waals surface area contributed by atoms with Crippen molar-refractivity contribution in [2.75, 3.05) is 6.61 Å². The molecule has 21 heavy (non-hydrogen) atoms. The van der Waals surface area contributed by atoms with Crippen molar-refractivity contribution in [2.45, 2.75) is 83.8 Å². The van der Waals surface area contributed by atoms with Gasteiger partial charge in [-0.3, -0.25) is 6.08 Å². The summed E-state index contributed by atoms with van der Waals surface area (Å²) in [6, 6.07) is 0. The fraction of sp³-hybridized carbons (Fsp3) is 0.778.